The second-order valence-corrected chi connectivity index (χ2v) is 3.47. The molecule has 0 aliphatic carbocycles. The molecule has 4 N–H and O–H groups in total. The molecular formula is C9H18N2O3. The number of aliphatic hydroxyl groups is 1. The van der Waals surface area contributed by atoms with Crippen LogP contribution in [0.1, 0.15) is 13.3 Å². The molecular weight excluding hydrogens is 184 g/mol. The number of rotatable bonds is 4. The number of ether oxygens (including phenoxy) is 1. The molecule has 14 heavy (non-hydrogen) atoms. The molecule has 1 rings (SSSR count). The Morgan fingerprint density at radius 1 is 1.79 bits per heavy atom. The van der Waals surface area contributed by atoms with Gasteiger partial charge in [-0.15, -0.1) is 0 Å². The fraction of sp³-hybridized carbons (Fsp3) is 0.889. The third-order valence-corrected chi connectivity index (χ3v) is 2.58. The SMILES string of the molecule is CCC(=O)C(O)(CN)C1CNCCO1. The number of hydrogen-bond acceptors (Lipinski definition) is 5. The van der Waals surface area contributed by atoms with E-state index in [9.17, 15) is 9.90 Å². The minimum Gasteiger partial charge on any atom is -0.378 e. The molecule has 0 amide bonds. The van der Waals surface area contributed by atoms with Crippen molar-refractivity contribution >= 4 is 5.78 Å². The number of nitrogens with two attached hydrogens (primary N) is 1. The van der Waals surface area contributed by atoms with Crippen molar-refractivity contribution in [1.29, 1.82) is 0 Å². The van der Waals surface area contributed by atoms with Crippen LogP contribution in [-0.2, 0) is 9.53 Å². The average Bonchev–Trinajstić information content (AvgIpc) is 2.28. The van der Waals surface area contributed by atoms with E-state index in [4.69, 9.17) is 10.5 Å². The van der Waals surface area contributed by atoms with Gasteiger partial charge in [-0.1, -0.05) is 6.92 Å². The van der Waals surface area contributed by atoms with E-state index in [1.165, 1.54) is 0 Å². The van der Waals surface area contributed by atoms with Crippen molar-refractivity contribution in [2.45, 2.75) is 25.0 Å². The van der Waals surface area contributed by atoms with E-state index in [0.29, 0.717) is 13.2 Å². The molecule has 5 heteroatoms. The number of carbonyl (C=O) groups excluding carboxylic acids is 1. The van der Waals surface area contributed by atoms with Crippen LogP contribution in [0.5, 0.6) is 0 Å². The van der Waals surface area contributed by atoms with Crippen molar-refractivity contribution < 1.29 is 14.6 Å². The molecule has 1 saturated heterocycles. The molecule has 0 aromatic carbocycles. The summed E-state index contributed by atoms with van der Waals surface area (Å²) in [5, 5.41) is 13.1. The summed E-state index contributed by atoms with van der Waals surface area (Å²) in [5.74, 6) is -0.256. The Bertz CT molecular complexity index is 204. The summed E-state index contributed by atoms with van der Waals surface area (Å²) in [6.07, 6.45) is -0.248. The highest BCUT2D eigenvalue weighted by Crippen LogP contribution is 2.17. The average molecular weight is 202 g/mol. The molecule has 0 radical (unpaired) electrons. The summed E-state index contributed by atoms with van der Waals surface area (Å²) in [6, 6.07) is 0. The molecule has 2 unspecified atom stereocenters. The first kappa shape index (κ1) is 11.6. The van der Waals surface area contributed by atoms with E-state index >= 15 is 0 Å². The first-order chi connectivity index (χ1) is 6.65. The Morgan fingerprint density at radius 3 is 2.93 bits per heavy atom. The first-order valence-electron chi connectivity index (χ1n) is 4.93. The lowest BCUT2D eigenvalue weighted by Gasteiger charge is -2.36. The maximum Gasteiger partial charge on any atom is 0.168 e. The van der Waals surface area contributed by atoms with E-state index in [-0.39, 0.29) is 18.7 Å². The van der Waals surface area contributed by atoms with Crippen molar-refractivity contribution in [3.05, 3.63) is 0 Å². The van der Waals surface area contributed by atoms with Crippen molar-refractivity contribution in [3.8, 4) is 0 Å². The van der Waals surface area contributed by atoms with Crippen molar-refractivity contribution in [2.75, 3.05) is 26.2 Å². The third kappa shape index (κ3) is 2.12. The second-order valence-electron chi connectivity index (χ2n) is 3.47. The van der Waals surface area contributed by atoms with Crippen LogP contribution < -0.4 is 11.1 Å². The van der Waals surface area contributed by atoms with E-state index in [1.54, 1.807) is 6.92 Å². The molecule has 1 aliphatic rings. The van der Waals surface area contributed by atoms with E-state index in [2.05, 4.69) is 5.32 Å². The van der Waals surface area contributed by atoms with Gasteiger partial charge < -0.3 is 20.9 Å². The molecule has 0 bridgehead atoms. The normalized spacial score (nSPS) is 26.9. The van der Waals surface area contributed by atoms with Gasteiger partial charge in [0.25, 0.3) is 0 Å². The third-order valence-electron chi connectivity index (χ3n) is 2.58. The number of ketones is 1. The van der Waals surface area contributed by atoms with Crippen molar-refractivity contribution in [1.82, 2.24) is 5.32 Å². The number of morpholine rings is 1. The predicted octanol–water partition coefficient (Wildman–Crippen LogP) is -1.36. The summed E-state index contributed by atoms with van der Waals surface area (Å²) < 4.78 is 5.34. The van der Waals surface area contributed by atoms with Gasteiger partial charge in [0.05, 0.1) is 6.61 Å². The van der Waals surface area contributed by atoms with Crippen LogP contribution in [0.3, 0.4) is 0 Å². The molecule has 0 saturated carbocycles. The van der Waals surface area contributed by atoms with Gasteiger partial charge in [-0.2, -0.15) is 0 Å². The molecule has 1 fully saturated rings. The monoisotopic (exact) mass is 202 g/mol. The van der Waals surface area contributed by atoms with Gasteiger partial charge >= 0.3 is 0 Å². The zero-order valence-corrected chi connectivity index (χ0v) is 8.45. The summed E-state index contributed by atoms with van der Waals surface area (Å²) >= 11 is 0. The molecule has 82 valence electrons. The van der Waals surface area contributed by atoms with Crippen LogP contribution in [0.4, 0.5) is 0 Å². The Balaban J connectivity index is 2.71. The molecule has 1 aliphatic heterocycles. The lowest BCUT2D eigenvalue weighted by molar-refractivity contribution is -0.157. The van der Waals surface area contributed by atoms with Gasteiger partial charge in [0.2, 0.25) is 0 Å². The lowest BCUT2D eigenvalue weighted by Crippen LogP contribution is -2.61. The van der Waals surface area contributed by atoms with Gasteiger partial charge in [0, 0.05) is 26.1 Å². The lowest BCUT2D eigenvalue weighted by atomic mass is 9.89. The fourth-order valence-electron chi connectivity index (χ4n) is 1.60. The minimum absolute atomic E-state index is 0.0913. The maximum atomic E-state index is 11.5. The van der Waals surface area contributed by atoms with Crippen LogP contribution >= 0.6 is 0 Å². The summed E-state index contributed by atoms with van der Waals surface area (Å²) in [6.45, 7) is 3.34. The Labute approximate surface area is 83.6 Å². The van der Waals surface area contributed by atoms with Gasteiger partial charge in [-0.25, -0.2) is 0 Å². The fourth-order valence-corrected chi connectivity index (χ4v) is 1.60. The van der Waals surface area contributed by atoms with E-state index in [1.807, 2.05) is 0 Å². The smallest absolute Gasteiger partial charge is 0.168 e. The van der Waals surface area contributed by atoms with Crippen molar-refractivity contribution in [3.63, 3.8) is 0 Å². The zero-order valence-electron chi connectivity index (χ0n) is 8.45. The van der Waals surface area contributed by atoms with Crippen LogP contribution in [-0.4, -0.2) is 48.8 Å². The quantitative estimate of drug-likeness (QED) is 0.524. The van der Waals surface area contributed by atoms with Crippen LogP contribution in [0.25, 0.3) is 0 Å². The highest BCUT2D eigenvalue weighted by atomic mass is 16.5. The standard InChI is InChI=1S/C9H18N2O3/c1-2-7(12)9(13,6-10)8-5-11-3-4-14-8/h8,11,13H,2-6,10H2,1H3. The molecule has 0 aromatic heterocycles. The Morgan fingerprint density at radius 2 is 2.50 bits per heavy atom. The Hall–Kier alpha value is -0.490. The van der Waals surface area contributed by atoms with Gasteiger partial charge in [0.15, 0.2) is 11.4 Å². The topological polar surface area (TPSA) is 84.6 Å². The Kier molecular flexibility index (Phi) is 4.00. The zero-order chi connectivity index (χ0) is 10.6. The molecule has 0 spiro atoms. The molecule has 2 atom stereocenters. The maximum absolute atomic E-state index is 11.5. The highest BCUT2D eigenvalue weighted by molar-refractivity contribution is 5.87. The van der Waals surface area contributed by atoms with Gasteiger partial charge in [0.1, 0.15) is 6.10 Å². The van der Waals surface area contributed by atoms with E-state index in [0.717, 1.165) is 6.54 Å². The molecule has 5 nitrogen and oxygen atoms in total. The van der Waals surface area contributed by atoms with Crippen LogP contribution in [0, 0.1) is 0 Å². The summed E-state index contributed by atoms with van der Waals surface area (Å²) in [5.41, 5.74) is 3.91. The largest absolute Gasteiger partial charge is 0.378 e. The number of nitrogens with one attached hydrogen (secondary N) is 1. The second kappa shape index (κ2) is 4.84. The summed E-state index contributed by atoms with van der Waals surface area (Å²) in [4.78, 5) is 11.5. The number of hydrogen-bond donors (Lipinski definition) is 3. The highest BCUT2D eigenvalue weighted by Gasteiger charge is 2.42. The minimum atomic E-state index is -1.53. The van der Waals surface area contributed by atoms with Gasteiger partial charge in [-0.05, 0) is 0 Å². The first-order valence-corrected chi connectivity index (χ1v) is 4.93. The predicted molar refractivity (Wildman–Crippen MR) is 51.9 cm³/mol. The molecule has 0 aromatic rings. The van der Waals surface area contributed by atoms with Crippen molar-refractivity contribution in [2.24, 2.45) is 5.73 Å². The van der Waals surface area contributed by atoms with E-state index < -0.39 is 11.7 Å². The van der Waals surface area contributed by atoms with Crippen LogP contribution in [0.2, 0.25) is 0 Å². The van der Waals surface area contributed by atoms with Gasteiger partial charge in [-0.3, -0.25) is 4.79 Å². The molecule has 1 heterocycles. The summed E-state index contributed by atoms with van der Waals surface area (Å²) in [7, 11) is 0. The van der Waals surface area contributed by atoms with Crippen LogP contribution in [0.15, 0.2) is 0 Å². The number of carbonyl (C=O) groups is 1. The number of Topliss-reactive ketones (excluding diaryl/α,β-unsaturated/α-hetero) is 1.